The number of fused-ring (bicyclic) bond motifs is 1. The van der Waals surface area contributed by atoms with E-state index in [9.17, 15) is 4.79 Å². The normalized spacial score (nSPS) is 22.2. The molecule has 0 spiro atoms. The summed E-state index contributed by atoms with van der Waals surface area (Å²) in [5.41, 5.74) is 2.29. The third kappa shape index (κ3) is 2.52. The van der Waals surface area contributed by atoms with E-state index in [0.29, 0.717) is 0 Å². The number of carbonyl (C=O) groups is 1. The highest BCUT2D eigenvalue weighted by atomic mass is 16.5. The maximum Gasteiger partial charge on any atom is 0.244 e. The smallest absolute Gasteiger partial charge is 0.244 e. The van der Waals surface area contributed by atoms with Crippen LogP contribution in [0.5, 0.6) is 5.75 Å². The van der Waals surface area contributed by atoms with E-state index in [0.717, 1.165) is 50.2 Å². The number of hydrogen-bond donors (Lipinski definition) is 1. The number of nitrogens with zero attached hydrogens (tertiary/aromatic N) is 1. The number of rotatable bonds is 2. The largest absolute Gasteiger partial charge is 0.497 e. The number of nitrogens with one attached hydrogen (secondary N) is 1. The summed E-state index contributed by atoms with van der Waals surface area (Å²) in [6, 6.07) is 6.02. The summed E-state index contributed by atoms with van der Waals surface area (Å²) in [5, 5.41) is 3.35. The van der Waals surface area contributed by atoms with Gasteiger partial charge in [-0.3, -0.25) is 4.79 Å². The molecule has 1 aromatic rings. The Morgan fingerprint density at radius 3 is 3.00 bits per heavy atom. The molecule has 0 aromatic heterocycles. The van der Waals surface area contributed by atoms with Crippen molar-refractivity contribution in [2.45, 2.75) is 38.1 Å². The average Bonchev–Trinajstić information content (AvgIpc) is 2.54. The number of anilines is 1. The zero-order valence-corrected chi connectivity index (χ0v) is 12.0. The van der Waals surface area contributed by atoms with Gasteiger partial charge in [-0.1, -0.05) is 6.42 Å². The number of aryl methyl sites for hydroxylation is 1. The highest BCUT2D eigenvalue weighted by Gasteiger charge is 2.29. The Kier molecular flexibility index (Phi) is 3.92. The van der Waals surface area contributed by atoms with E-state index in [4.69, 9.17) is 4.74 Å². The fourth-order valence-electron chi connectivity index (χ4n) is 3.18. The van der Waals surface area contributed by atoms with Gasteiger partial charge in [-0.15, -0.1) is 0 Å². The fraction of sp³-hybridized carbons (Fsp3) is 0.562. The van der Waals surface area contributed by atoms with Crippen LogP contribution in [-0.4, -0.2) is 32.1 Å². The minimum Gasteiger partial charge on any atom is -0.497 e. The van der Waals surface area contributed by atoms with Crippen LogP contribution in [0.1, 0.15) is 31.2 Å². The first kappa shape index (κ1) is 13.4. The zero-order chi connectivity index (χ0) is 13.9. The van der Waals surface area contributed by atoms with Crippen LogP contribution in [0.3, 0.4) is 0 Å². The number of amides is 1. The predicted octanol–water partition coefficient (Wildman–Crippen LogP) is 2.12. The molecule has 4 heteroatoms. The number of piperidine rings is 1. The molecule has 1 N–H and O–H groups in total. The number of hydrogen-bond acceptors (Lipinski definition) is 3. The maximum atomic E-state index is 12.7. The van der Waals surface area contributed by atoms with Crippen LogP contribution in [0.4, 0.5) is 5.69 Å². The van der Waals surface area contributed by atoms with Gasteiger partial charge in [0.05, 0.1) is 13.2 Å². The molecule has 1 saturated heterocycles. The Morgan fingerprint density at radius 1 is 1.35 bits per heavy atom. The Hall–Kier alpha value is -1.55. The average molecular weight is 274 g/mol. The van der Waals surface area contributed by atoms with Crippen molar-refractivity contribution in [3.63, 3.8) is 0 Å². The molecule has 20 heavy (non-hydrogen) atoms. The van der Waals surface area contributed by atoms with Crippen molar-refractivity contribution in [2.24, 2.45) is 0 Å². The van der Waals surface area contributed by atoms with Gasteiger partial charge in [0.2, 0.25) is 5.91 Å². The minimum absolute atomic E-state index is 0.00296. The molecule has 1 fully saturated rings. The van der Waals surface area contributed by atoms with Gasteiger partial charge >= 0.3 is 0 Å². The molecule has 1 amide bonds. The second-order valence-electron chi connectivity index (χ2n) is 5.59. The fourth-order valence-corrected chi connectivity index (χ4v) is 3.18. The molecular weight excluding hydrogens is 252 g/mol. The quantitative estimate of drug-likeness (QED) is 0.898. The first-order valence-corrected chi connectivity index (χ1v) is 7.51. The Bertz CT molecular complexity index is 495. The lowest BCUT2D eigenvalue weighted by Crippen LogP contribution is -2.50. The van der Waals surface area contributed by atoms with Crippen molar-refractivity contribution in [3.05, 3.63) is 23.8 Å². The second-order valence-corrected chi connectivity index (χ2v) is 5.59. The molecule has 1 atom stereocenters. The van der Waals surface area contributed by atoms with Crippen LogP contribution >= 0.6 is 0 Å². The molecule has 2 heterocycles. The Labute approximate surface area is 120 Å². The van der Waals surface area contributed by atoms with Crippen molar-refractivity contribution in [1.82, 2.24) is 5.32 Å². The molecule has 0 bridgehead atoms. The first-order valence-electron chi connectivity index (χ1n) is 7.51. The molecule has 2 aliphatic heterocycles. The highest BCUT2D eigenvalue weighted by Crippen LogP contribution is 2.31. The van der Waals surface area contributed by atoms with Gasteiger partial charge in [0.1, 0.15) is 5.75 Å². The summed E-state index contributed by atoms with van der Waals surface area (Å²) in [7, 11) is 1.68. The number of carbonyl (C=O) groups excluding carboxylic acids is 1. The van der Waals surface area contributed by atoms with Crippen molar-refractivity contribution in [1.29, 1.82) is 0 Å². The summed E-state index contributed by atoms with van der Waals surface area (Å²) in [5.74, 6) is 1.10. The van der Waals surface area contributed by atoms with Gasteiger partial charge in [-0.2, -0.15) is 0 Å². The molecule has 0 aliphatic carbocycles. The van der Waals surface area contributed by atoms with E-state index in [1.54, 1.807) is 7.11 Å². The molecule has 3 rings (SSSR count). The summed E-state index contributed by atoms with van der Waals surface area (Å²) in [6.45, 7) is 1.79. The van der Waals surface area contributed by atoms with Crippen molar-refractivity contribution >= 4 is 11.6 Å². The van der Waals surface area contributed by atoms with E-state index < -0.39 is 0 Å². The summed E-state index contributed by atoms with van der Waals surface area (Å²) in [4.78, 5) is 14.7. The van der Waals surface area contributed by atoms with Gasteiger partial charge < -0.3 is 15.0 Å². The Morgan fingerprint density at radius 2 is 2.25 bits per heavy atom. The summed E-state index contributed by atoms with van der Waals surface area (Å²) in [6.07, 6.45) is 5.33. The van der Waals surface area contributed by atoms with Gasteiger partial charge in [0, 0.05) is 12.2 Å². The van der Waals surface area contributed by atoms with Crippen LogP contribution in [0.2, 0.25) is 0 Å². The van der Waals surface area contributed by atoms with Crippen LogP contribution in [0.25, 0.3) is 0 Å². The molecule has 2 aliphatic rings. The van der Waals surface area contributed by atoms with Crippen molar-refractivity contribution in [2.75, 3.05) is 25.1 Å². The lowest BCUT2D eigenvalue weighted by molar-refractivity contribution is -0.121. The molecule has 108 valence electrons. The van der Waals surface area contributed by atoms with Gasteiger partial charge in [0.15, 0.2) is 0 Å². The van der Waals surface area contributed by atoms with Crippen LogP contribution in [-0.2, 0) is 11.2 Å². The molecular formula is C16H22N2O2. The second kappa shape index (κ2) is 5.83. The third-order valence-electron chi connectivity index (χ3n) is 4.28. The Balaban J connectivity index is 1.83. The first-order chi connectivity index (χ1) is 9.79. The number of benzene rings is 1. The van der Waals surface area contributed by atoms with Gasteiger partial charge in [-0.25, -0.2) is 0 Å². The lowest BCUT2D eigenvalue weighted by Gasteiger charge is -2.34. The maximum absolute atomic E-state index is 12.7. The minimum atomic E-state index is -0.00296. The van der Waals surface area contributed by atoms with Gasteiger partial charge in [-0.05, 0) is 56.0 Å². The van der Waals surface area contributed by atoms with E-state index in [1.807, 2.05) is 17.0 Å². The molecule has 0 radical (unpaired) electrons. The topological polar surface area (TPSA) is 41.6 Å². The molecule has 0 saturated carbocycles. The van der Waals surface area contributed by atoms with Crippen LogP contribution in [0, 0.1) is 0 Å². The number of methoxy groups -OCH3 is 1. The van der Waals surface area contributed by atoms with Crippen LogP contribution in [0.15, 0.2) is 18.2 Å². The van der Waals surface area contributed by atoms with Gasteiger partial charge in [0.25, 0.3) is 0 Å². The summed E-state index contributed by atoms with van der Waals surface area (Å²) >= 11 is 0. The molecule has 4 nitrogen and oxygen atoms in total. The monoisotopic (exact) mass is 274 g/mol. The van der Waals surface area contributed by atoms with E-state index in [2.05, 4.69) is 11.4 Å². The molecule has 0 unspecified atom stereocenters. The third-order valence-corrected chi connectivity index (χ3v) is 4.28. The lowest BCUT2D eigenvalue weighted by atomic mass is 9.98. The summed E-state index contributed by atoms with van der Waals surface area (Å²) < 4.78 is 5.28. The molecule has 1 aromatic carbocycles. The van der Waals surface area contributed by atoms with E-state index >= 15 is 0 Å². The van der Waals surface area contributed by atoms with Crippen molar-refractivity contribution < 1.29 is 9.53 Å². The zero-order valence-electron chi connectivity index (χ0n) is 12.0. The van der Waals surface area contributed by atoms with E-state index in [1.165, 1.54) is 12.0 Å². The standard InChI is InChI=1S/C16H22N2O2/c1-20-13-7-8-15-12(11-13)5-4-10-18(15)16(19)14-6-2-3-9-17-14/h7-8,11,14,17H,2-6,9-10H2,1H3/t14-/m1/s1. The van der Waals surface area contributed by atoms with Crippen LogP contribution < -0.4 is 15.0 Å². The SMILES string of the molecule is COc1ccc2c(c1)CCCN2C(=O)[C@H]1CCCCN1. The highest BCUT2D eigenvalue weighted by molar-refractivity contribution is 5.98. The predicted molar refractivity (Wildman–Crippen MR) is 79.3 cm³/mol. The van der Waals surface area contributed by atoms with Crippen molar-refractivity contribution in [3.8, 4) is 5.75 Å². The van der Waals surface area contributed by atoms with E-state index in [-0.39, 0.29) is 11.9 Å². The number of ether oxygens (including phenoxy) is 1.